The summed E-state index contributed by atoms with van der Waals surface area (Å²) in [6, 6.07) is 18.4. The molecule has 1 amide bonds. The summed E-state index contributed by atoms with van der Waals surface area (Å²) in [5.74, 6) is -0.201. The first-order valence-electron chi connectivity index (χ1n) is 8.99. The number of anilines is 1. The van der Waals surface area contributed by atoms with Crippen molar-refractivity contribution in [1.82, 2.24) is 0 Å². The molecule has 0 atom stereocenters. The van der Waals surface area contributed by atoms with Gasteiger partial charge >= 0.3 is 0 Å². The Morgan fingerprint density at radius 1 is 0.966 bits per heavy atom. The van der Waals surface area contributed by atoms with Crippen LogP contribution in [0, 0.1) is 12.7 Å². The van der Waals surface area contributed by atoms with Crippen molar-refractivity contribution >= 4 is 17.4 Å². The summed E-state index contributed by atoms with van der Waals surface area (Å²) in [6.45, 7) is 2.94. The number of ether oxygens (including phenoxy) is 2. The first kappa shape index (κ1) is 20.1. The lowest BCUT2D eigenvalue weighted by molar-refractivity contribution is -0.118. The van der Waals surface area contributed by atoms with Crippen molar-refractivity contribution in [3.05, 3.63) is 83.7 Å². The molecule has 6 heteroatoms. The third-order valence-electron chi connectivity index (χ3n) is 4.10. The Bertz CT molecular complexity index is 1030. The van der Waals surface area contributed by atoms with E-state index in [9.17, 15) is 14.0 Å². The van der Waals surface area contributed by atoms with Gasteiger partial charge in [0.05, 0.1) is 11.3 Å². The van der Waals surface area contributed by atoms with Gasteiger partial charge < -0.3 is 14.8 Å². The number of hydrogen-bond donors (Lipinski definition) is 1. The molecule has 0 bridgehead atoms. The SMILES string of the molecule is CC(=O)c1ccc(OCC(=O)Nc2ccccc2Oc2ccc(C)cc2)cc1F. The zero-order valence-electron chi connectivity index (χ0n) is 16.1. The van der Waals surface area contributed by atoms with Gasteiger partial charge in [0.1, 0.15) is 17.3 Å². The van der Waals surface area contributed by atoms with Crippen LogP contribution < -0.4 is 14.8 Å². The molecule has 29 heavy (non-hydrogen) atoms. The highest BCUT2D eigenvalue weighted by atomic mass is 19.1. The molecule has 148 valence electrons. The Labute approximate surface area is 168 Å². The number of halogens is 1. The third-order valence-corrected chi connectivity index (χ3v) is 4.10. The second-order valence-corrected chi connectivity index (χ2v) is 6.45. The highest BCUT2D eigenvalue weighted by Crippen LogP contribution is 2.29. The molecule has 0 spiro atoms. The number of benzene rings is 3. The zero-order valence-corrected chi connectivity index (χ0v) is 16.1. The summed E-state index contributed by atoms with van der Waals surface area (Å²) < 4.78 is 25.0. The van der Waals surface area contributed by atoms with Crippen molar-refractivity contribution in [1.29, 1.82) is 0 Å². The molecule has 0 unspecified atom stereocenters. The Morgan fingerprint density at radius 2 is 1.66 bits per heavy atom. The van der Waals surface area contributed by atoms with Crippen LogP contribution in [-0.4, -0.2) is 18.3 Å². The lowest BCUT2D eigenvalue weighted by atomic mass is 10.1. The average molecular weight is 393 g/mol. The van der Waals surface area contributed by atoms with Gasteiger partial charge in [-0.3, -0.25) is 9.59 Å². The van der Waals surface area contributed by atoms with Crippen LogP contribution in [-0.2, 0) is 4.79 Å². The van der Waals surface area contributed by atoms with Crippen molar-refractivity contribution in [2.24, 2.45) is 0 Å². The van der Waals surface area contributed by atoms with E-state index in [0.29, 0.717) is 17.2 Å². The minimum absolute atomic E-state index is 0.0241. The molecule has 3 aromatic rings. The van der Waals surface area contributed by atoms with Crippen LogP contribution in [0.4, 0.5) is 10.1 Å². The predicted molar refractivity (Wildman–Crippen MR) is 108 cm³/mol. The van der Waals surface area contributed by atoms with Crippen LogP contribution in [0.25, 0.3) is 0 Å². The maximum Gasteiger partial charge on any atom is 0.262 e. The van der Waals surface area contributed by atoms with Crippen molar-refractivity contribution < 1.29 is 23.5 Å². The largest absolute Gasteiger partial charge is 0.484 e. The standard InChI is InChI=1S/C23H20FNO4/c1-15-7-9-17(10-8-15)29-22-6-4-3-5-21(22)25-23(27)14-28-18-11-12-19(16(2)26)20(24)13-18/h3-13H,14H2,1-2H3,(H,25,27). The molecule has 0 saturated carbocycles. The summed E-state index contributed by atoms with van der Waals surface area (Å²) in [4.78, 5) is 23.5. The van der Waals surface area contributed by atoms with E-state index in [0.717, 1.165) is 11.6 Å². The molecule has 0 radical (unpaired) electrons. The van der Waals surface area contributed by atoms with Crippen LogP contribution in [0.5, 0.6) is 17.2 Å². The Morgan fingerprint density at radius 3 is 2.34 bits per heavy atom. The normalized spacial score (nSPS) is 10.3. The van der Waals surface area contributed by atoms with Crippen molar-refractivity contribution in [2.45, 2.75) is 13.8 Å². The van der Waals surface area contributed by atoms with Gasteiger partial charge in [0.25, 0.3) is 5.91 Å². The molecule has 0 aliphatic heterocycles. The molecule has 0 heterocycles. The maximum atomic E-state index is 13.8. The number of carbonyl (C=O) groups is 2. The number of amides is 1. The highest BCUT2D eigenvalue weighted by Gasteiger charge is 2.11. The van der Waals surface area contributed by atoms with Crippen LogP contribution in [0.1, 0.15) is 22.8 Å². The number of carbonyl (C=O) groups excluding carboxylic acids is 2. The zero-order chi connectivity index (χ0) is 20.8. The molecule has 1 N–H and O–H groups in total. The minimum Gasteiger partial charge on any atom is -0.484 e. The third kappa shape index (κ3) is 5.42. The van der Waals surface area contributed by atoms with E-state index >= 15 is 0 Å². The van der Waals surface area contributed by atoms with E-state index in [1.807, 2.05) is 31.2 Å². The van der Waals surface area contributed by atoms with Gasteiger partial charge in [-0.2, -0.15) is 0 Å². The predicted octanol–water partition coefficient (Wildman–Crippen LogP) is 5.15. The fourth-order valence-corrected chi connectivity index (χ4v) is 2.60. The minimum atomic E-state index is -0.688. The number of Topliss-reactive ketones (excluding diaryl/α,β-unsaturated/α-hetero) is 1. The smallest absolute Gasteiger partial charge is 0.262 e. The van der Waals surface area contributed by atoms with E-state index < -0.39 is 11.7 Å². The van der Waals surface area contributed by atoms with E-state index in [1.165, 1.54) is 19.1 Å². The molecule has 0 aromatic heterocycles. The average Bonchev–Trinajstić information content (AvgIpc) is 2.69. The van der Waals surface area contributed by atoms with Crippen molar-refractivity contribution in [3.63, 3.8) is 0 Å². The Hall–Kier alpha value is -3.67. The van der Waals surface area contributed by atoms with Gasteiger partial charge in [-0.15, -0.1) is 0 Å². The van der Waals surface area contributed by atoms with E-state index in [1.54, 1.807) is 24.3 Å². The Balaban J connectivity index is 1.63. The first-order chi connectivity index (χ1) is 13.9. The number of rotatable bonds is 7. The number of aryl methyl sites for hydroxylation is 1. The first-order valence-corrected chi connectivity index (χ1v) is 8.99. The number of hydrogen-bond acceptors (Lipinski definition) is 4. The topological polar surface area (TPSA) is 64.6 Å². The van der Waals surface area contributed by atoms with E-state index in [2.05, 4.69) is 5.32 Å². The molecule has 0 aliphatic carbocycles. The number of ketones is 1. The van der Waals surface area contributed by atoms with E-state index in [4.69, 9.17) is 9.47 Å². The highest BCUT2D eigenvalue weighted by molar-refractivity contribution is 5.94. The van der Waals surface area contributed by atoms with Crippen LogP contribution >= 0.6 is 0 Å². The molecular weight excluding hydrogens is 373 g/mol. The Kier molecular flexibility index (Phi) is 6.24. The summed E-state index contributed by atoms with van der Waals surface area (Å²) in [5.41, 5.74) is 1.58. The second-order valence-electron chi connectivity index (χ2n) is 6.45. The summed E-state index contributed by atoms with van der Waals surface area (Å²) >= 11 is 0. The van der Waals surface area contributed by atoms with Gasteiger partial charge in [0, 0.05) is 6.07 Å². The summed E-state index contributed by atoms with van der Waals surface area (Å²) in [7, 11) is 0. The molecule has 5 nitrogen and oxygen atoms in total. The van der Waals surface area contributed by atoms with Crippen molar-refractivity contribution in [2.75, 3.05) is 11.9 Å². The van der Waals surface area contributed by atoms with Crippen LogP contribution in [0.2, 0.25) is 0 Å². The van der Waals surface area contributed by atoms with E-state index in [-0.39, 0.29) is 23.7 Å². The molecular formula is C23H20FNO4. The fourth-order valence-electron chi connectivity index (χ4n) is 2.60. The lowest BCUT2D eigenvalue weighted by Crippen LogP contribution is -2.20. The molecule has 3 aromatic carbocycles. The summed E-state index contributed by atoms with van der Waals surface area (Å²) in [6.07, 6.45) is 0. The second kappa shape index (κ2) is 9.01. The van der Waals surface area contributed by atoms with Gasteiger partial charge in [0.2, 0.25) is 0 Å². The number of para-hydroxylation sites is 2. The molecule has 0 aliphatic rings. The molecule has 0 fully saturated rings. The molecule has 0 saturated heterocycles. The van der Waals surface area contributed by atoms with Gasteiger partial charge in [-0.05, 0) is 50.2 Å². The fraction of sp³-hybridized carbons (Fsp3) is 0.130. The monoisotopic (exact) mass is 393 g/mol. The van der Waals surface area contributed by atoms with Gasteiger partial charge in [0.15, 0.2) is 18.1 Å². The lowest BCUT2D eigenvalue weighted by Gasteiger charge is -2.13. The van der Waals surface area contributed by atoms with Gasteiger partial charge in [-0.25, -0.2) is 4.39 Å². The number of nitrogens with one attached hydrogen (secondary N) is 1. The molecule has 3 rings (SSSR count). The summed E-state index contributed by atoms with van der Waals surface area (Å²) in [5, 5.41) is 2.72. The van der Waals surface area contributed by atoms with Gasteiger partial charge in [-0.1, -0.05) is 29.8 Å². The quantitative estimate of drug-likeness (QED) is 0.564. The van der Waals surface area contributed by atoms with Crippen LogP contribution in [0.3, 0.4) is 0 Å². The van der Waals surface area contributed by atoms with Crippen LogP contribution in [0.15, 0.2) is 66.7 Å². The van der Waals surface area contributed by atoms with Crippen molar-refractivity contribution in [3.8, 4) is 17.2 Å². The maximum absolute atomic E-state index is 13.8.